The van der Waals surface area contributed by atoms with Crippen molar-refractivity contribution < 1.29 is 18.8 Å². The minimum Gasteiger partial charge on any atom is -0.375 e. The first kappa shape index (κ1) is 17.2. The summed E-state index contributed by atoms with van der Waals surface area (Å²) >= 11 is 0. The normalized spacial score (nSPS) is 25.3. The Morgan fingerprint density at radius 3 is 3.08 bits per heavy atom. The topological polar surface area (TPSA) is 77.7 Å². The number of carbonyl (C=O) groups excluding carboxylic acids is 1. The first-order valence-electron chi connectivity index (χ1n) is 9.04. The number of amides is 1. The average molecular weight is 357 g/mol. The van der Waals surface area contributed by atoms with E-state index in [1.807, 2.05) is 23.1 Å². The number of aryl methyl sites for hydroxylation is 1. The average Bonchev–Trinajstić information content (AvgIpc) is 3.27. The molecule has 26 heavy (non-hydrogen) atoms. The van der Waals surface area contributed by atoms with Crippen molar-refractivity contribution in [1.82, 2.24) is 15.0 Å². The highest BCUT2D eigenvalue weighted by Crippen LogP contribution is 2.35. The summed E-state index contributed by atoms with van der Waals surface area (Å²) in [5.41, 5.74) is 1.30. The van der Waals surface area contributed by atoms with Crippen LogP contribution in [0.5, 0.6) is 0 Å². The van der Waals surface area contributed by atoms with Crippen LogP contribution in [0.4, 0.5) is 0 Å². The summed E-state index contributed by atoms with van der Waals surface area (Å²) in [6, 6.07) is 7.58. The molecule has 3 atom stereocenters. The number of morpholine rings is 1. The molecule has 2 fully saturated rings. The quantitative estimate of drug-likeness (QED) is 0.816. The first-order chi connectivity index (χ1) is 12.7. The summed E-state index contributed by atoms with van der Waals surface area (Å²) in [4.78, 5) is 18.9. The van der Waals surface area contributed by atoms with E-state index in [0.29, 0.717) is 43.7 Å². The van der Waals surface area contributed by atoms with Crippen LogP contribution in [0, 0.1) is 12.8 Å². The minimum absolute atomic E-state index is 0.0733. The zero-order valence-corrected chi connectivity index (χ0v) is 14.8. The van der Waals surface area contributed by atoms with E-state index in [4.69, 9.17) is 14.0 Å². The van der Waals surface area contributed by atoms with E-state index < -0.39 is 0 Å². The Labute approximate surface area is 152 Å². The highest BCUT2D eigenvalue weighted by Gasteiger charge is 2.43. The lowest BCUT2D eigenvalue weighted by atomic mass is 10.1. The van der Waals surface area contributed by atoms with Gasteiger partial charge in [0.05, 0.1) is 37.7 Å². The summed E-state index contributed by atoms with van der Waals surface area (Å²) in [7, 11) is 0. The highest BCUT2D eigenvalue weighted by molar-refractivity contribution is 5.92. The predicted molar refractivity (Wildman–Crippen MR) is 92.4 cm³/mol. The number of ether oxygens (including phenoxy) is 2. The van der Waals surface area contributed by atoms with Gasteiger partial charge in [-0.25, -0.2) is 0 Å². The smallest absolute Gasteiger partial charge is 0.276 e. The Morgan fingerprint density at radius 2 is 2.31 bits per heavy atom. The number of carbonyl (C=O) groups is 1. The molecular formula is C19H23N3O4. The van der Waals surface area contributed by atoms with Gasteiger partial charge < -0.3 is 18.9 Å². The molecule has 2 aromatic heterocycles. The van der Waals surface area contributed by atoms with Gasteiger partial charge in [-0.3, -0.25) is 9.78 Å². The zero-order chi connectivity index (χ0) is 17.9. The van der Waals surface area contributed by atoms with Gasteiger partial charge in [-0.2, -0.15) is 0 Å². The van der Waals surface area contributed by atoms with Gasteiger partial charge in [0.2, 0.25) is 0 Å². The largest absolute Gasteiger partial charge is 0.375 e. The molecule has 0 N–H and O–H groups in total. The van der Waals surface area contributed by atoms with Crippen LogP contribution in [-0.2, 0) is 16.1 Å². The standard InChI is InChI=1S/C19H23N3O4/c1-13-8-16(21-26-13)19(23)22-6-7-25-18-10-14(9-17(18)22)11-24-12-15-4-2-3-5-20-15/h2-5,8,14,17-18H,6-7,9-12H2,1H3/t14?,17-,18-/m1/s1. The fraction of sp³-hybridized carbons (Fsp3) is 0.526. The third-order valence-corrected chi connectivity index (χ3v) is 5.07. The third kappa shape index (κ3) is 3.64. The number of hydrogen-bond acceptors (Lipinski definition) is 6. The summed E-state index contributed by atoms with van der Waals surface area (Å²) in [6.45, 7) is 4.10. The van der Waals surface area contributed by atoms with Crippen molar-refractivity contribution in [3.63, 3.8) is 0 Å². The second kappa shape index (κ2) is 7.55. The Kier molecular flexibility index (Phi) is 4.99. The molecule has 7 nitrogen and oxygen atoms in total. The zero-order valence-electron chi connectivity index (χ0n) is 14.8. The number of aromatic nitrogens is 2. The Hall–Kier alpha value is -2.25. The van der Waals surface area contributed by atoms with Crippen LogP contribution in [0.1, 0.15) is 34.8 Å². The second-order valence-electron chi connectivity index (χ2n) is 6.97. The van der Waals surface area contributed by atoms with Crippen LogP contribution in [0.2, 0.25) is 0 Å². The molecule has 0 spiro atoms. The lowest BCUT2D eigenvalue weighted by Crippen LogP contribution is -2.51. The van der Waals surface area contributed by atoms with Gasteiger partial charge in [0, 0.05) is 18.8 Å². The number of nitrogens with zero attached hydrogens (tertiary/aromatic N) is 3. The SMILES string of the molecule is Cc1cc(C(=O)N2CCO[C@@H]3CC(COCc4ccccn4)C[C@H]32)no1. The molecule has 0 radical (unpaired) electrons. The van der Waals surface area contributed by atoms with Crippen molar-refractivity contribution in [3.8, 4) is 0 Å². The van der Waals surface area contributed by atoms with E-state index in [9.17, 15) is 4.79 Å². The van der Waals surface area contributed by atoms with Gasteiger partial charge in [-0.1, -0.05) is 11.2 Å². The van der Waals surface area contributed by atoms with E-state index in [2.05, 4.69) is 10.1 Å². The van der Waals surface area contributed by atoms with Crippen LogP contribution in [0.25, 0.3) is 0 Å². The Bertz CT molecular complexity index is 748. The second-order valence-corrected chi connectivity index (χ2v) is 6.97. The molecule has 1 saturated heterocycles. The minimum atomic E-state index is -0.0739. The molecule has 4 rings (SSSR count). The van der Waals surface area contributed by atoms with Crippen LogP contribution in [0.3, 0.4) is 0 Å². The fourth-order valence-corrected chi connectivity index (χ4v) is 3.87. The molecule has 1 aliphatic carbocycles. The molecule has 1 amide bonds. The van der Waals surface area contributed by atoms with E-state index in [1.54, 1.807) is 19.2 Å². The summed E-state index contributed by atoms with van der Waals surface area (Å²) in [6.07, 6.45) is 3.64. The van der Waals surface area contributed by atoms with Crippen molar-refractivity contribution in [3.05, 3.63) is 47.6 Å². The number of pyridine rings is 1. The van der Waals surface area contributed by atoms with E-state index in [0.717, 1.165) is 18.5 Å². The molecule has 7 heteroatoms. The van der Waals surface area contributed by atoms with Crippen molar-refractivity contribution in [2.24, 2.45) is 5.92 Å². The van der Waals surface area contributed by atoms with Crippen LogP contribution >= 0.6 is 0 Å². The Morgan fingerprint density at radius 1 is 1.38 bits per heavy atom. The third-order valence-electron chi connectivity index (χ3n) is 5.07. The van der Waals surface area contributed by atoms with Gasteiger partial charge in [-0.15, -0.1) is 0 Å². The molecule has 0 bridgehead atoms. The molecule has 1 unspecified atom stereocenters. The van der Waals surface area contributed by atoms with Gasteiger partial charge >= 0.3 is 0 Å². The lowest BCUT2D eigenvalue weighted by Gasteiger charge is -2.37. The fourth-order valence-electron chi connectivity index (χ4n) is 3.87. The molecule has 1 aliphatic heterocycles. The molecular weight excluding hydrogens is 334 g/mol. The van der Waals surface area contributed by atoms with Gasteiger partial charge in [-0.05, 0) is 37.8 Å². The van der Waals surface area contributed by atoms with Crippen LogP contribution in [-0.4, -0.2) is 52.9 Å². The molecule has 1 saturated carbocycles. The maximum Gasteiger partial charge on any atom is 0.276 e. The maximum atomic E-state index is 12.8. The molecule has 2 aromatic rings. The maximum absolute atomic E-state index is 12.8. The van der Waals surface area contributed by atoms with Crippen molar-refractivity contribution in [1.29, 1.82) is 0 Å². The summed E-state index contributed by atoms with van der Waals surface area (Å²) in [5, 5.41) is 3.87. The number of fused-ring (bicyclic) bond motifs is 1. The van der Waals surface area contributed by atoms with E-state index >= 15 is 0 Å². The van der Waals surface area contributed by atoms with Crippen LogP contribution in [0.15, 0.2) is 35.0 Å². The van der Waals surface area contributed by atoms with Gasteiger partial charge in [0.15, 0.2) is 5.69 Å². The first-order valence-corrected chi connectivity index (χ1v) is 9.04. The van der Waals surface area contributed by atoms with E-state index in [1.165, 1.54) is 0 Å². The molecule has 3 heterocycles. The highest BCUT2D eigenvalue weighted by atomic mass is 16.5. The van der Waals surface area contributed by atoms with Crippen molar-refractivity contribution >= 4 is 5.91 Å². The summed E-state index contributed by atoms with van der Waals surface area (Å²) in [5.74, 6) is 0.946. The molecule has 2 aliphatic rings. The predicted octanol–water partition coefficient (Wildman–Crippen LogP) is 2.21. The lowest BCUT2D eigenvalue weighted by molar-refractivity contribution is -0.0453. The van der Waals surface area contributed by atoms with Crippen molar-refractivity contribution in [2.45, 2.75) is 38.5 Å². The number of rotatable bonds is 5. The Balaban J connectivity index is 1.34. The molecule has 0 aromatic carbocycles. The van der Waals surface area contributed by atoms with Gasteiger partial charge in [0.25, 0.3) is 5.91 Å². The van der Waals surface area contributed by atoms with Crippen LogP contribution < -0.4 is 0 Å². The van der Waals surface area contributed by atoms with E-state index in [-0.39, 0.29) is 18.1 Å². The molecule has 138 valence electrons. The van der Waals surface area contributed by atoms with Gasteiger partial charge in [0.1, 0.15) is 5.76 Å². The monoisotopic (exact) mass is 357 g/mol. The van der Waals surface area contributed by atoms with Crippen molar-refractivity contribution in [2.75, 3.05) is 19.8 Å². The summed E-state index contributed by atoms with van der Waals surface area (Å²) < 4.78 is 16.8. The number of hydrogen-bond donors (Lipinski definition) is 0.